The highest BCUT2D eigenvalue weighted by Crippen LogP contribution is 2.35. The van der Waals surface area contributed by atoms with Gasteiger partial charge in [-0.25, -0.2) is 13.8 Å². The maximum atomic E-state index is 13.7. The zero-order valence-corrected chi connectivity index (χ0v) is 16.7. The minimum atomic E-state index is -2.75. The maximum absolute atomic E-state index is 13.7. The van der Waals surface area contributed by atoms with E-state index >= 15 is 0 Å². The summed E-state index contributed by atoms with van der Waals surface area (Å²) in [5.74, 6) is -0.205. The third-order valence-corrected chi connectivity index (χ3v) is 5.75. The van der Waals surface area contributed by atoms with Crippen LogP contribution in [-0.4, -0.2) is 32.4 Å². The molecule has 1 aliphatic carbocycles. The monoisotopic (exact) mass is 414 g/mol. The van der Waals surface area contributed by atoms with Gasteiger partial charge in [-0.15, -0.1) is 0 Å². The Balaban J connectivity index is 1.62. The molecule has 0 spiro atoms. The van der Waals surface area contributed by atoms with Crippen LogP contribution in [-0.2, 0) is 0 Å². The van der Waals surface area contributed by atoms with Gasteiger partial charge in [0.15, 0.2) is 0 Å². The number of benzene rings is 1. The lowest BCUT2D eigenvalue weighted by Gasteiger charge is -2.27. The molecule has 0 saturated heterocycles. The van der Waals surface area contributed by atoms with Gasteiger partial charge in [-0.1, -0.05) is 6.07 Å². The lowest BCUT2D eigenvalue weighted by atomic mass is 9.87. The molecule has 30 heavy (non-hydrogen) atoms. The van der Waals surface area contributed by atoms with Crippen molar-refractivity contribution in [2.75, 3.05) is 11.9 Å². The predicted octanol–water partition coefficient (Wildman–Crippen LogP) is 4.65. The van der Waals surface area contributed by atoms with Gasteiger partial charge >= 0.3 is 0 Å². The van der Waals surface area contributed by atoms with Crippen molar-refractivity contribution < 1.29 is 18.7 Å². The number of fused-ring (bicyclic) bond motifs is 1. The molecule has 1 aliphatic rings. The minimum absolute atomic E-state index is 0.0642. The number of hydrogen-bond donors (Lipinski definition) is 2. The molecule has 4 rings (SSSR count). The third-order valence-electron chi connectivity index (χ3n) is 5.75. The van der Waals surface area contributed by atoms with Crippen LogP contribution in [0.5, 0.6) is 0 Å². The fourth-order valence-corrected chi connectivity index (χ4v) is 4.03. The molecule has 0 atom stereocenters. The van der Waals surface area contributed by atoms with E-state index in [1.165, 1.54) is 6.07 Å². The second-order valence-corrected chi connectivity index (χ2v) is 7.88. The molecule has 1 aromatic carbocycles. The van der Waals surface area contributed by atoms with Crippen molar-refractivity contribution in [2.45, 2.75) is 45.1 Å². The largest absolute Gasteiger partial charge is 0.396 e. The summed E-state index contributed by atoms with van der Waals surface area (Å²) in [5, 5.41) is 17.1. The highest BCUT2D eigenvalue weighted by atomic mass is 19.3. The van der Waals surface area contributed by atoms with Gasteiger partial charge < -0.3 is 10.4 Å². The minimum Gasteiger partial charge on any atom is -0.396 e. The first-order valence-corrected chi connectivity index (χ1v) is 10.1. The number of anilines is 1. The Morgan fingerprint density at radius 2 is 2.03 bits per heavy atom. The molecule has 1 amide bonds. The fourth-order valence-electron chi connectivity index (χ4n) is 4.03. The van der Waals surface area contributed by atoms with E-state index in [-0.39, 0.29) is 29.6 Å². The molecule has 1 saturated carbocycles. The van der Waals surface area contributed by atoms with E-state index in [1.807, 2.05) is 10.9 Å². The first-order chi connectivity index (χ1) is 14.4. The van der Waals surface area contributed by atoms with Crippen LogP contribution in [0.2, 0.25) is 0 Å². The lowest BCUT2D eigenvalue weighted by Crippen LogP contribution is -2.20. The Morgan fingerprint density at radius 3 is 2.70 bits per heavy atom. The Kier molecular flexibility index (Phi) is 5.76. The van der Waals surface area contributed by atoms with Gasteiger partial charge in [0.1, 0.15) is 5.69 Å². The Labute approximate surface area is 172 Å². The first-order valence-electron chi connectivity index (χ1n) is 10.1. The van der Waals surface area contributed by atoms with Gasteiger partial charge in [-0.3, -0.25) is 9.48 Å². The van der Waals surface area contributed by atoms with E-state index in [0.29, 0.717) is 22.5 Å². The van der Waals surface area contributed by atoms with E-state index in [9.17, 15) is 18.7 Å². The molecule has 0 unspecified atom stereocenters. The second kappa shape index (κ2) is 8.47. The number of pyridine rings is 1. The van der Waals surface area contributed by atoms with Crippen LogP contribution in [0.4, 0.5) is 14.5 Å². The number of halogens is 2. The number of aliphatic hydroxyl groups is 1. The molecule has 0 bridgehead atoms. The molecule has 3 aromatic rings. The maximum Gasteiger partial charge on any atom is 0.274 e. The van der Waals surface area contributed by atoms with Gasteiger partial charge in [0.25, 0.3) is 12.3 Å². The number of carbonyl (C=O) groups excluding carboxylic acids is 1. The average molecular weight is 414 g/mol. The summed E-state index contributed by atoms with van der Waals surface area (Å²) in [4.78, 5) is 16.7. The molecule has 1 fully saturated rings. The van der Waals surface area contributed by atoms with Gasteiger partial charge in [-0.05, 0) is 62.8 Å². The van der Waals surface area contributed by atoms with Crippen LogP contribution in [0.1, 0.15) is 59.9 Å². The molecule has 8 heteroatoms. The van der Waals surface area contributed by atoms with Gasteiger partial charge in [0, 0.05) is 29.4 Å². The first kappa shape index (κ1) is 20.4. The number of aromatic nitrogens is 3. The van der Waals surface area contributed by atoms with Crippen LogP contribution in [0, 0.1) is 12.8 Å². The van der Waals surface area contributed by atoms with Gasteiger partial charge in [0.05, 0.1) is 17.2 Å². The number of nitrogens with zero attached hydrogens (tertiary/aromatic N) is 3. The standard InChI is InChI=1S/C22H24F2N4O2/c1-13-3-2-4-18(25-13)22(30)26-20-9-15-11-28(16-7-5-14(12-29)6-8-16)27-19(15)10-17(20)21(23)24/h2-4,9-11,14,16,21,29H,5-8,12H2,1H3,(H,26,30)/t14-,16-. The number of hydrogen-bond acceptors (Lipinski definition) is 4. The zero-order chi connectivity index (χ0) is 21.3. The number of aliphatic hydroxyl groups excluding tert-OH is 1. The molecule has 2 aromatic heterocycles. The molecule has 2 heterocycles. The smallest absolute Gasteiger partial charge is 0.274 e. The number of carbonyl (C=O) groups is 1. The van der Waals surface area contributed by atoms with E-state index in [4.69, 9.17) is 0 Å². The van der Waals surface area contributed by atoms with Gasteiger partial charge in [0.2, 0.25) is 0 Å². The van der Waals surface area contributed by atoms with Gasteiger partial charge in [-0.2, -0.15) is 5.10 Å². The molecule has 0 radical (unpaired) electrons. The van der Waals surface area contributed by atoms with Crippen molar-refractivity contribution in [1.29, 1.82) is 0 Å². The number of rotatable bonds is 5. The molecule has 2 N–H and O–H groups in total. The fraction of sp³-hybridized carbons (Fsp3) is 0.409. The van der Waals surface area contributed by atoms with E-state index in [2.05, 4.69) is 15.4 Å². The molecule has 6 nitrogen and oxygen atoms in total. The van der Waals surface area contributed by atoms with Crippen molar-refractivity contribution in [3.05, 3.63) is 53.5 Å². The normalized spacial score (nSPS) is 19.4. The average Bonchev–Trinajstić information content (AvgIpc) is 3.16. The SMILES string of the molecule is Cc1cccc(C(=O)Nc2cc3cn([C@H]4CC[C@H](CO)CC4)nc3cc2C(F)F)n1. The summed E-state index contributed by atoms with van der Waals surface area (Å²) < 4.78 is 29.2. The van der Waals surface area contributed by atoms with Crippen molar-refractivity contribution in [3.8, 4) is 0 Å². The highest BCUT2D eigenvalue weighted by Gasteiger charge is 2.24. The van der Waals surface area contributed by atoms with E-state index in [0.717, 1.165) is 25.7 Å². The number of nitrogens with one attached hydrogen (secondary N) is 1. The van der Waals surface area contributed by atoms with Crippen LogP contribution in [0.3, 0.4) is 0 Å². The Hall–Kier alpha value is -2.87. The van der Waals surface area contributed by atoms with E-state index < -0.39 is 12.3 Å². The highest BCUT2D eigenvalue weighted by molar-refractivity contribution is 6.04. The van der Waals surface area contributed by atoms with Crippen LogP contribution >= 0.6 is 0 Å². The molecule has 158 valence electrons. The lowest BCUT2D eigenvalue weighted by molar-refractivity contribution is 0.102. The van der Waals surface area contributed by atoms with Crippen LogP contribution in [0.25, 0.3) is 10.9 Å². The predicted molar refractivity (Wildman–Crippen MR) is 110 cm³/mol. The number of aryl methyl sites for hydroxylation is 1. The summed E-state index contributed by atoms with van der Waals surface area (Å²) >= 11 is 0. The van der Waals surface area contributed by atoms with Crippen LogP contribution < -0.4 is 5.32 Å². The quantitative estimate of drug-likeness (QED) is 0.637. The molecular formula is C22H24F2N4O2. The summed E-state index contributed by atoms with van der Waals surface area (Å²) in [7, 11) is 0. The molecule has 0 aliphatic heterocycles. The third kappa shape index (κ3) is 4.18. The number of alkyl halides is 2. The summed E-state index contributed by atoms with van der Waals surface area (Å²) in [6.07, 6.45) is 2.72. The second-order valence-electron chi connectivity index (χ2n) is 7.88. The summed E-state index contributed by atoms with van der Waals surface area (Å²) in [6, 6.07) is 8.08. The zero-order valence-electron chi connectivity index (χ0n) is 16.7. The van der Waals surface area contributed by atoms with Crippen molar-refractivity contribution >= 4 is 22.5 Å². The topological polar surface area (TPSA) is 80.0 Å². The Morgan fingerprint density at radius 1 is 1.27 bits per heavy atom. The van der Waals surface area contributed by atoms with E-state index in [1.54, 1.807) is 31.2 Å². The van der Waals surface area contributed by atoms with Crippen molar-refractivity contribution in [2.24, 2.45) is 5.92 Å². The number of amides is 1. The summed E-state index contributed by atoms with van der Waals surface area (Å²) in [5.41, 5.74) is 1.12. The summed E-state index contributed by atoms with van der Waals surface area (Å²) in [6.45, 7) is 1.96. The van der Waals surface area contributed by atoms with Crippen molar-refractivity contribution in [1.82, 2.24) is 14.8 Å². The van der Waals surface area contributed by atoms with Crippen molar-refractivity contribution in [3.63, 3.8) is 0 Å². The Bertz CT molecular complexity index is 1060. The van der Waals surface area contributed by atoms with Crippen LogP contribution in [0.15, 0.2) is 36.5 Å². The molecular weight excluding hydrogens is 390 g/mol.